The van der Waals surface area contributed by atoms with Gasteiger partial charge in [0.15, 0.2) is 0 Å². The molecule has 1 amide bonds. The lowest BCUT2D eigenvalue weighted by Crippen LogP contribution is -2.34. The summed E-state index contributed by atoms with van der Waals surface area (Å²) in [6.45, 7) is 0. The molecule has 0 aliphatic heterocycles. The Kier molecular flexibility index (Phi) is 5.88. The molecule has 5 heteroatoms. The number of nitrogens with zero attached hydrogens (tertiary/aromatic N) is 1. The van der Waals surface area contributed by atoms with Crippen molar-refractivity contribution in [3.05, 3.63) is 48.3 Å². The van der Waals surface area contributed by atoms with Crippen molar-refractivity contribution in [1.82, 2.24) is 10.3 Å². The van der Waals surface area contributed by atoms with Crippen LogP contribution in [0, 0.1) is 0 Å². The van der Waals surface area contributed by atoms with Crippen LogP contribution in [0.3, 0.4) is 0 Å². The Bertz CT molecular complexity index is 710. The van der Waals surface area contributed by atoms with Gasteiger partial charge in [-0.3, -0.25) is 9.78 Å². The van der Waals surface area contributed by atoms with Crippen LogP contribution in [0.2, 0.25) is 0 Å². The summed E-state index contributed by atoms with van der Waals surface area (Å²) >= 11 is 0. The molecule has 0 saturated heterocycles. The summed E-state index contributed by atoms with van der Waals surface area (Å²) in [5, 5.41) is 6.42. The van der Waals surface area contributed by atoms with E-state index in [1.54, 1.807) is 19.5 Å². The minimum absolute atomic E-state index is 0.0527. The number of para-hydroxylation sites is 2. The maximum atomic E-state index is 12.5. The highest BCUT2D eigenvalue weighted by molar-refractivity contribution is 5.95. The SMILES string of the molecule is COc1ccccc1Nc1cncc(C(=O)NC2CCCCCC2)c1. The van der Waals surface area contributed by atoms with Gasteiger partial charge in [0.05, 0.1) is 30.2 Å². The second-order valence-electron chi connectivity index (χ2n) is 6.45. The summed E-state index contributed by atoms with van der Waals surface area (Å²) in [6.07, 6.45) is 10.4. The summed E-state index contributed by atoms with van der Waals surface area (Å²) in [5.41, 5.74) is 2.18. The molecule has 0 bridgehead atoms. The zero-order valence-electron chi connectivity index (χ0n) is 14.6. The largest absolute Gasteiger partial charge is 0.495 e. The van der Waals surface area contributed by atoms with Crippen molar-refractivity contribution >= 4 is 17.3 Å². The Labute approximate surface area is 148 Å². The number of pyridine rings is 1. The lowest BCUT2D eigenvalue weighted by Gasteiger charge is -2.16. The monoisotopic (exact) mass is 339 g/mol. The van der Waals surface area contributed by atoms with Crippen LogP contribution >= 0.6 is 0 Å². The van der Waals surface area contributed by atoms with Crippen molar-refractivity contribution < 1.29 is 9.53 Å². The molecule has 132 valence electrons. The van der Waals surface area contributed by atoms with E-state index in [1.807, 2.05) is 30.3 Å². The third-order valence-corrected chi connectivity index (χ3v) is 4.58. The third kappa shape index (κ3) is 4.72. The predicted octanol–water partition coefficient (Wildman–Crippen LogP) is 4.29. The predicted molar refractivity (Wildman–Crippen MR) is 99.5 cm³/mol. The van der Waals surface area contributed by atoms with Crippen LogP contribution in [-0.4, -0.2) is 24.0 Å². The van der Waals surface area contributed by atoms with Crippen LogP contribution in [0.4, 0.5) is 11.4 Å². The average molecular weight is 339 g/mol. The summed E-state index contributed by atoms with van der Waals surface area (Å²) in [6, 6.07) is 9.77. The van der Waals surface area contributed by atoms with E-state index in [-0.39, 0.29) is 11.9 Å². The van der Waals surface area contributed by atoms with E-state index in [0.29, 0.717) is 5.56 Å². The quantitative estimate of drug-likeness (QED) is 0.798. The number of carbonyl (C=O) groups is 1. The van der Waals surface area contributed by atoms with E-state index in [1.165, 1.54) is 25.7 Å². The van der Waals surface area contributed by atoms with Crippen LogP contribution in [-0.2, 0) is 0 Å². The van der Waals surface area contributed by atoms with Crippen LogP contribution < -0.4 is 15.4 Å². The summed E-state index contributed by atoms with van der Waals surface area (Å²) in [7, 11) is 1.63. The Balaban J connectivity index is 1.69. The topological polar surface area (TPSA) is 63.2 Å². The van der Waals surface area contributed by atoms with Gasteiger partial charge in [0.2, 0.25) is 0 Å². The van der Waals surface area contributed by atoms with Gasteiger partial charge in [0.25, 0.3) is 5.91 Å². The maximum absolute atomic E-state index is 12.5. The highest BCUT2D eigenvalue weighted by Crippen LogP contribution is 2.27. The summed E-state index contributed by atoms with van der Waals surface area (Å²) < 4.78 is 5.35. The van der Waals surface area contributed by atoms with E-state index < -0.39 is 0 Å². The second kappa shape index (κ2) is 8.51. The number of rotatable bonds is 5. The molecule has 0 atom stereocenters. The van der Waals surface area contributed by atoms with Crippen LogP contribution in [0.1, 0.15) is 48.9 Å². The van der Waals surface area contributed by atoms with Gasteiger partial charge in [-0.25, -0.2) is 0 Å². The number of hydrogen-bond acceptors (Lipinski definition) is 4. The molecule has 3 rings (SSSR count). The molecule has 1 aliphatic carbocycles. The van der Waals surface area contributed by atoms with E-state index in [9.17, 15) is 4.79 Å². The van der Waals surface area contributed by atoms with Gasteiger partial charge in [-0.15, -0.1) is 0 Å². The van der Waals surface area contributed by atoms with Crippen LogP contribution in [0.25, 0.3) is 0 Å². The van der Waals surface area contributed by atoms with Crippen molar-refractivity contribution in [3.63, 3.8) is 0 Å². The highest BCUT2D eigenvalue weighted by atomic mass is 16.5. The Morgan fingerprint density at radius 3 is 2.64 bits per heavy atom. The molecule has 2 aromatic rings. The number of methoxy groups -OCH3 is 1. The zero-order valence-corrected chi connectivity index (χ0v) is 14.6. The molecule has 0 spiro atoms. The number of hydrogen-bond donors (Lipinski definition) is 2. The van der Waals surface area contributed by atoms with Gasteiger partial charge in [-0.05, 0) is 31.0 Å². The Morgan fingerprint density at radius 2 is 1.88 bits per heavy atom. The van der Waals surface area contributed by atoms with Crippen molar-refractivity contribution in [3.8, 4) is 5.75 Å². The van der Waals surface area contributed by atoms with Gasteiger partial charge in [-0.1, -0.05) is 37.8 Å². The summed E-state index contributed by atoms with van der Waals surface area (Å²) in [4.78, 5) is 16.8. The normalized spacial score (nSPS) is 15.2. The number of aromatic nitrogens is 1. The average Bonchev–Trinajstić information content (AvgIpc) is 2.91. The standard InChI is InChI=1S/C20H25N3O2/c1-25-19-11-7-6-10-18(19)22-17-12-15(13-21-14-17)20(24)23-16-8-4-2-3-5-9-16/h6-7,10-14,16,22H,2-5,8-9H2,1H3,(H,23,24). The molecule has 1 aromatic carbocycles. The van der Waals surface area contributed by atoms with E-state index in [0.717, 1.165) is 30.0 Å². The minimum Gasteiger partial charge on any atom is -0.495 e. The molecule has 5 nitrogen and oxygen atoms in total. The number of carbonyl (C=O) groups excluding carboxylic acids is 1. The summed E-state index contributed by atoms with van der Waals surface area (Å²) in [5.74, 6) is 0.693. The Morgan fingerprint density at radius 1 is 1.12 bits per heavy atom. The number of ether oxygens (including phenoxy) is 1. The number of amides is 1. The van der Waals surface area contributed by atoms with Crippen LogP contribution in [0.5, 0.6) is 5.75 Å². The van der Waals surface area contributed by atoms with Gasteiger partial charge < -0.3 is 15.4 Å². The van der Waals surface area contributed by atoms with Gasteiger partial charge in [-0.2, -0.15) is 0 Å². The molecule has 0 radical (unpaired) electrons. The molecule has 25 heavy (non-hydrogen) atoms. The van der Waals surface area contributed by atoms with Crippen LogP contribution in [0.15, 0.2) is 42.7 Å². The first-order valence-electron chi connectivity index (χ1n) is 8.92. The van der Waals surface area contributed by atoms with Gasteiger partial charge in [0, 0.05) is 12.2 Å². The zero-order chi connectivity index (χ0) is 17.5. The first-order chi connectivity index (χ1) is 12.3. The molecular weight excluding hydrogens is 314 g/mol. The highest BCUT2D eigenvalue weighted by Gasteiger charge is 2.16. The Hall–Kier alpha value is -2.56. The number of anilines is 2. The van der Waals surface area contributed by atoms with E-state index >= 15 is 0 Å². The third-order valence-electron chi connectivity index (χ3n) is 4.58. The first kappa shape index (κ1) is 17.3. The molecule has 0 unspecified atom stereocenters. The molecule has 1 fully saturated rings. The molecule has 1 heterocycles. The maximum Gasteiger partial charge on any atom is 0.253 e. The van der Waals surface area contributed by atoms with Crippen molar-refractivity contribution in [2.24, 2.45) is 0 Å². The van der Waals surface area contributed by atoms with Crippen molar-refractivity contribution in [1.29, 1.82) is 0 Å². The fraction of sp³-hybridized carbons (Fsp3) is 0.400. The number of benzene rings is 1. The fourth-order valence-electron chi connectivity index (χ4n) is 3.23. The van der Waals surface area contributed by atoms with E-state index in [4.69, 9.17) is 4.74 Å². The van der Waals surface area contributed by atoms with E-state index in [2.05, 4.69) is 15.6 Å². The lowest BCUT2D eigenvalue weighted by molar-refractivity contribution is 0.0933. The lowest BCUT2D eigenvalue weighted by atomic mass is 10.1. The van der Waals surface area contributed by atoms with Gasteiger partial charge >= 0.3 is 0 Å². The van der Waals surface area contributed by atoms with Crippen molar-refractivity contribution in [2.75, 3.05) is 12.4 Å². The number of nitrogens with one attached hydrogen (secondary N) is 2. The molecule has 1 saturated carbocycles. The molecular formula is C20H25N3O2. The van der Waals surface area contributed by atoms with Gasteiger partial charge in [0.1, 0.15) is 5.75 Å². The second-order valence-corrected chi connectivity index (χ2v) is 6.45. The molecule has 1 aliphatic rings. The minimum atomic E-state index is -0.0527. The van der Waals surface area contributed by atoms with Crippen molar-refractivity contribution in [2.45, 2.75) is 44.6 Å². The first-order valence-corrected chi connectivity index (χ1v) is 8.92. The smallest absolute Gasteiger partial charge is 0.253 e. The molecule has 1 aromatic heterocycles. The molecule has 2 N–H and O–H groups in total. The fourth-order valence-corrected chi connectivity index (χ4v) is 3.23.